The number of ether oxygens (including phenoxy) is 2. The number of carbonyl (C=O) groups is 2. The van der Waals surface area contributed by atoms with Gasteiger partial charge in [-0.25, -0.2) is 0 Å². The van der Waals surface area contributed by atoms with Crippen molar-refractivity contribution >= 4 is 28.4 Å². The van der Waals surface area contributed by atoms with Crippen LogP contribution in [0.1, 0.15) is 34.7 Å². The lowest BCUT2D eigenvalue weighted by molar-refractivity contribution is -0.165. The number of aryl methyl sites for hydroxylation is 2. The van der Waals surface area contributed by atoms with E-state index in [0.717, 1.165) is 33.3 Å². The van der Waals surface area contributed by atoms with Crippen LogP contribution in [-0.4, -0.2) is 30.7 Å². The monoisotopic (exact) mass is 403 g/mol. The third kappa shape index (κ3) is 2.61. The molecule has 0 fully saturated rings. The lowest BCUT2D eigenvalue weighted by Gasteiger charge is -2.39. The van der Waals surface area contributed by atoms with Gasteiger partial charge in [0.05, 0.1) is 14.2 Å². The molecule has 1 aromatic heterocycles. The topological polar surface area (TPSA) is 57.5 Å². The first-order valence-corrected chi connectivity index (χ1v) is 9.87. The maximum Gasteiger partial charge on any atom is 0.327 e. The summed E-state index contributed by atoms with van der Waals surface area (Å²) in [5, 5.41) is 1.10. The molecular weight excluding hydrogens is 378 g/mol. The summed E-state index contributed by atoms with van der Waals surface area (Å²) in [6.07, 6.45) is 0.204. The summed E-state index contributed by atoms with van der Waals surface area (Å²) in [5.74, 6) is -1.49. The highest BCUT2D eigenvalue weighted by molar-refractivity contribution is 6.14. The minimum absolute atomic E-state index is 0.199. The van der Waals surface area contributed by atoms with Crippen molar-refractivity contribution in [2.45, 2.75) is 19.3 Å². The fourth-order valence-electron chi connectivity index (χ4n) is 4.85. The van der Waals surface area contributed by atoms with Crippen LogP contribution in [0.4, 0.5) is 0 Å². The highest BCUT2D eigenvalue weighted by Crippen LogP contribution is 2.55. The van der Waals surface area contributed by atoms with E-state index in [1.807, 2.05) is 41.9 Å². The fourth-order valence-corrected chi connectivity index (χ4v) is 4.85. The van der Waals surface area contributed by atoms with Crippen molar-refractivity contribution in [2.75, 3.05) is 14.2 Å². The number of benzene rings is 2. The highest BCUT2D eigenvalue weighted by Gasteiger charge is 2.57. The maximum absolute atomic E-state index is 13.1. The molecule has 1 aliphatic carbocycles. The van der Waals surface area contributed by atoms with Gasteiger partial charge in [0.2, 0.25) is 0 Å². The van der Waals surface area contributed by atoms with Crippen LogP contribution in [0.25, 0.3) is 16.5 Å². The average Bonchev–Trinajstić information content (AvgIpc) is 3.06. The number of esters is 2. The Morgan fingerprint density at radius 1 is 1.07 bits per heavy atom. The molecular formula is C25H25NO4. The minimum Gasteiger partial charge on any atom is -0.468 e. The van der Waals surface area contributed by atoms with Crippen LogP contribution >= 0.6 is 0 Å². The number of fused-ring (bicyclic) bond motifs is 3. The van der Waals surface area contributed by atoms with E-state index in [1.54, 1.807) is 0 Å². The Kier molecular flexibility index (Phi) is 4.77. The predicted octanol–water partition coefficient (Wildman–Crippen LogP) is 4.37. The zero-order chi connectivity index (χ0) is 21.6. The van der Waals surface area contributed by atoms with Gasteiger partial charge in [0.25, 0.3) is 0 Å². The Labute approximate surface area is 175 Å². The summed E-state index contributed by atoms with van der Waals surface area (Å²) in [6, 6.07) is 16.2. The van der Waals surface area contributed by atoms with E-state index in [4.69, 9.17) is 9.47 Å². The van der Waals surface area contributed by atoms with E-state index in [0.29, 0.717) is 5.57 Å². The number of hydrogen-bond acceptors (Lipinski definition) is 4. The van der Waals surface area contributed by atoms with Crippen LogP contribution in [-0.2, 0) is 26.1 Å². The molecule has 1 atom stereocenters. The summed E-state index contributed by atoms with van der Waals surface area (Å²) in [4.78, 5) is 26.1. The zero-order valence-corrected chi connectivity index (χ0v) is 17.7. The van der Waals surface area contributed by atoms with E-state index in [9.17, 15) is 9.59 Å². The van der Waals surface area contributed by atoms with Crippen molar-refractivity contribution in [2.24, 2.45) is 12.5 Å². The standard InChI is InChI=1S/C25H25NO4/c1-15-11-12-20-18(13-15)21-19(17-9-7-6-8-10-17)14-25(23(27)29-4,24(28)30-5)16(2)22(21)26(20)3/h6-13,19H,2,14H2,1,3-5H3. The first-order chi connectivity index (χ1) is 14.4. The largest absolute Gasteiger partial charge is 0.468 e. The highest BCUT2D eigenvalue weighted by atomic mass is 16.5. The summed E-state index contributed by atoms with van der Waals surface area (Å²) in [6.45, 7) is 6.29. The average molecular weight is 403 g/mol. The molecule has 5 nitrogen and oxygen atoms in total. The number of aromatic nitrogens is 1. The number of hydrogen-bond donors (Lipinski definition) is 0. The molecule has 1 unspecified atom stereocenters. The molecule has 2 aromatic carbocycles. The number of methoxy groups -OCH3 is 2. The number of rotatable bonds is 3. The molecule has 1 aliphatic rings. The zero-order valence-electron chi connectivity index (χ0n) is 17.7. The van der Waals surface area contributed by atoms with Crippen molar-refractivity contribution in [3.8, 4) is 0 Å². The van der Waals surface area contributed by atoms with Crippen molar-refractivity contribution in [3.63, 3.8) is 0 Å². The van der Waals surface area contributed by atoms with Crippen molar-refractivity contribution in [1.82, 2.24) is 4.57 Å². The van der Waals surface area contributed by atoms with Gasteiger partial charge >= 0.3 is 11.9 Å². The van der Waals surface area contributed by atoms with Crippen LogP contribution in [0.2, 0.25) is 0 Å². The van der Waals surface area contributed by atoms with Crippen molar-refractivity contribution in [1.29, 1.82) is 0 Å². The van der Waals surface area contributed by atoms with E-state index in [1.165, 1.54) is 14.2 Å². The SMILES string of the molecule is C=C1c2c(c3cc(C)ccc3n2C)C(c2ccccc2)CC1(C(=O)OC)C(=O)OC. The van der Waals surface area contributed by atoms with Crippen molar-refractivity contribution < 1.29 is 19.1 Å². The third-order valence-corrected chi connectivity index (χ3v) is 6.32. The van der Waals surface area contributed by atoms with Crippen LogP contribution in [0.3, 0.4) is 0 Å². The molecule has 0 N–H and O–H groups in total. The summed E-state index contributed by atoms with van der Waals surface area (Å²) < 4.78 is 12.2. The number of carbonyl (C=O) groups excluding carboxylic acids is 2. The van der Waals surface area contributed by atoms with Gasteiger partial charge in [-0.1, -0.05) is 48.5 Å². The molecule has 0 aliphatic heterocycles. The molecule has 3 aromatic rings. The summed E-state index contributed by atoms with van der Waals surface area (Å²) in [5.41, 5.74) is 3.87. The van der Waals surface area contributed by atoms with Gasteiger partial charge in [-0.05, 0) is 42.2 Å². The van der Waals surface area contributed by atoms with Gasteiger partial charge < -0.3 is 14.0 Å². The molecule has 0 saturated heterocycles. The van der Waals surface area contributed by atoms with Gasteiger partial charge in [0.15, 0.2) is 5.41 Å². The Bertz CT molecular complexity index is 1160. The maximum atomic E-state index is 13.1. The fraction of sp³-hybridized carbons (Fsp3) is 0.280. The smallest absolute Gasteiger partial charge is 0.327 e. The van der Waals surface area contributed by atoms with Gasteiger partial charge in [-0.2, -0.15) is 0 Å². The molecule has 0 saturated carbocycles. The molecule has 154 valence electrons. The van der Waals surface area contributed by atoms with E-state index < -0.39 is 17.4 Å². The van der Waals surface area contributed by atoms with E-state index in [-0.39, 0.29) is 12.3 Å². The number of nitrogens with zero attached hydrogens (tertiary/aromatic N) is 1. The molecule has 30 heavy (non-hydrogen) atoms. The Hall–Kier alpha value is -3.34. The normalized spacial score (nSPS) is 17.5. The Balaban J connectivity index is 2.11. The Morgan fingerprint density at radius 2 is 1.70 bits per heavy atom. The van der Waals surface area contributed by atoms with Gasteiger partial charge in [0, 0.05) is 29.6 Å². The first-order valence-electron chi connectivity index (χ1n) is 9.87. The first kappa shape index (κ1) is 20.0. The minimum atomic E-state index is -1.60. The molecule has 0 bridgehead atoms. The predicted molar refractivity (Wildman–Crippen MR) is 116 cm³/mol. The van der Waals surface area contributed by atoms with Crippen LogP contribution in [0.15, 0.2) is 55.1 Å². The van der Waals surface area contributed by atoms with Gasteiger partial charge in [0.1, 0.15) is 0 Å². The summed E-state index contributed by atoms with van der Waals surface area (Å²) in [7, 11) is 4.52. The van der Waals surface area contributed by atoms with Crippen molar-refractivity contribution in [3.05, 3.63) is 77.5 Å². The third-order valence-electron chi connectivity index (χ3n) is 6.32. The molecule has 0 radical (unpaired) electrons. The second kappa shape index (κ2) is 7.17. The molecule has 1 heterocycles. The second-order valence-corrected chi connectivity index (χ2v) is 7.88. The van der Waals surface area contributed by atoms with Crippen LogP contribution in [0.5, 0.6) is 0 Å². The van der Waals surface area contributed by atoms with E-state index in [2.05, 4.69) is 31.7 Å². The lowest BCUT2D eigenvalue weighted by atomic mass is 9.64. The lowest BCUT2D eigenvalue weighted by Crippen LogP contribution is -2.46. The second-order valence-electron chi connectivity index (χ2n) is 7.88. The molecule has 5 heteroatoms. The van der Waals surface area contributed by atoms with Crippen LogP contribution < -0.4 is 0 Å². The van der Waals surface area contributed by atoms with Gasteiger partial charge in [-0.15, -0.1) is 0 Å². The quantitative estimate of drug-likeness (QED) is 0.481. The molecule has 0 spiro atoms. The molecule has 4 rings (SSSR count). The Morgan fingerprint density at radius 3 is 2.30 bits per heavy atom. The molecule has 0 amide bonds. The van der Waals surface area contributed by atoms with Gasteiger partial charge in [-0.3, -0.25) is 9.59 Å². The summed E-state index contributed by atoms with van der Waals surface area (Å²) >= 11 is 0. The van der Waals surface area contributed by atoms with Crippen LogP contribution in [0, 0.1) is 12.3 Å². The van der Waals surface area contributed by atoms with E-state index >= 15 is 0 Å².